The number of Topliss-reactive ketones (excluding diaryl/α,β-unsaturated/α-hetero) is 1. The fraction of sp³-hybridized carbons (Fsp3) is 0.458. The molecular formula is C24H31NO3. The average Bonchev–Trinajstić information content (AvgIpc) is 3.04. The Labute approximate surface area is 168 Å². The molecule has 0 fully saturated rings. The van der Waals surface area contributed by atoms with Crippen LogP contribution in [0, 0.1) is 11.8 Å². The molecule has 3 rings (SSSR count). The highest BCUT2D eigenvalue weighted by molar-refractivity contribution is 6.02. The number of rotatable bonds is 10. The first kappa shape index (κ1) is 20.4. The Morgan fingerprint density at radius 3 is 2.50 bits per heavy atom. The zero-order chi connectivity index (χ0) is 19.9. The second-order valence-electron chi connectivity index (χ2n) is 7.59. The van der Waals surface area contributed by atoms with Crippen LogP contribution in [0.2, 0.25) is 0 Å². The molecule has 0 saturated carbocycles. The summed E-state index contributed by atoms with van der Waals surface area (Å²) in [5.41, 5.74) is 3.20. The monoisotopic (exact) mass is 381 g/mol. The molecule has 1 aliphatic carbocycles. The zero-order valence-electron chi connectivity index (χ0n) is 17.2. The number of nitrogens with one attached hydrogen (secondary N) is 1. The molecule has 2 unspecified atom stereocenters. The van der Waals surface area contributed by atoms with E-state index in [1.54, 1.807) is 14.2 Å². The van der Waals surface area contributed by atoms with Crippen LogP contribution in [0.4, 0.5) is 0 Å². The van der Waals surface area contributed by atoms with Crippen LogP contribution in [0.1, 0.15) is 47.7 Å². The van der Waals surface area contributed by atoms with E-state index in [2.05, 4.69) is 36.5 Å². The van der Waals surface area contributed by atoms with E-state index in [-0.39, 0.29) is 11.7 Å². The van der Waals surface area contributed by atoms with Crippen LogP contribution < -0.4 is 14.8 Å². The third-order valence-corrected chi connectivity index (χ3v) is 5.81. The number of carbonyl (C=O) groups excluding carboxylic acids is 1. The van der Waals surface area contributed by atoms with Crippen molar-refractivity contribution in [2.24, 2.45) is 11.8 Å². The molecule has 1 aliphatic rings. The van der Waals surface area contributed by atoms with Gasteiger partial charge in [-0.05, 0) is 55.0 Å². The van der Waals surface area contributed by atoms with Crippen molar-refractivity contribution in [2.45, 2.75) is 39.2 Å². The lowest BCUT2D eigenvalue weighted by Gasteiger charge is -2.18. The molecule has 0 bridgehead atoms. The Bertz CT molecular complexity index is 788. The number of ketones is 1. The summed E-state index contributed by atoms with van der Waals surface area (Å²) in [5.74, 6) is 2.21. The van der Waals surface area contributed by atoms with E-state index in [0.29, 0.717) is 17.4 Å². The summed E-state index contributed by atoms with van der Waals surface area (Å²) in [7, 11) is 3.24. The Balaban J connectivity index is 1.54. The van der Waals surface area contributed by atoms with Crippen molar-refractivity contribution in [2.75, 3.05) is 20.8 Å². The van der Waals surface area contributed by atoms with Gasteiger partial charge in [0, 0.05) is 18.0 Å². The Hall–Kier alpha value is -2.33. The lowest BCUT2D eigenvalue weighted by atomic mass is 9.88. The summed E-state index contributed by atoms with van der Waals surface area (Å²) in [6, 6.07) is 14.3. The predicted molar refractivity (Wildman–Crippen MR) is 112 cm³/mol. The maximum atomic E-state index is 12.9. The normalized spacial score (nSPS) is 16.7. The second kappa shape index (κ2) is 9.74. The van der Waals surface area contributed by atoms with Gasteiger partial charge in [0.15, 0.2) is 17.3 Å². The minimum Gasteiger partial charge on any atom is -0.493 e. The summed E-state index contributed by atoms with van der Waals surface area (Å²) in [6.45, 7) is 4.09. The lowest BCUT2D eigenvalue weighted by Crippen LogP contribution is -2.20. The molecule has 4 nitrogen and oxygen atoms in total. The van der Waals surface area contributed by atoms with E-state index < -0.39 is 0 Å². The maximum Gasteiger partial charge on any atom is 0.166 e. The fourth-order valence-corrected chi connectivity index (χ4v) is 4.11. The minimum absolute atomic E-state index is 0.0749. The van der Waals surface area contributed by atoms with Crippen LogP contribution in [0.15, 0.2) is 42.5 Å². The van der Waals surface area contributed by atoms with Crippen LogP contribution in [0.3, 0.4) is 0 Å². The van der Waals surface area contributed by atoms with E-state index in [1.165, 1.54) is 5.56 Å². The van der Waals surface area contributed by atoms with Crippen molar-refractivity contribution in [3.05, 3.63) is 59.2 Å². The summed E-state index contributed by atoms with van der Waals surface area (Å²) >= 11 is 0. The van der Waals surface area contributed by atoms with Crippen LogP contribution in [-0.4, -0.2) is 26.5 Å². The van der Waals surface area contributed by atoms with Crippen molar-refractivity contribution >= 4 is 5.78 Å². The molecule has 28 heavy (non-hydrogen) atoms. The zero-order valence-corrected chi connectivity index (χ0v) is 17.2. The van der Waals surface area contributed by atoms with E-state index in [0.717, 1.165) is 49.9 Å². The Morgan fingerprint density at radius 2 is 1.82 bits per heavy atom. The highest BCUT2D eigenvalue weighted by Crippen LogP contribution is 2.39. The molecule has 0 aliphatic heterocycles. The molecule has 0 amide bonds. The van der Waals surface area contributed by atoms with Crippen molar-refractivity contribution < 1.29 is 14.3 Å². The first-order valence-electron chi connectivity index (χ1n) is 10.2. The quantitative estimate of drug-likeness (QED) is 0.608. The van der Waals surface area contributed by atoms with Crippen LogP contribution in [0.25, 0.3) is 0 Å². The largest absolute Gasteiger partial charge is 0.493 e. The molecule has 1 N–H and O–H groups in total. The molecule has 0 saturated heterocycles. The summed E-state index contributed by atoms with van der Waals surface area (Å²) in [4.78, 5) is 12.9. The number of hydrogen-bond donors (Lipinski definition) is 1. The van der Waals surface area contributed by atoms with Crippen LogP contribution >= 0.6 is 0 Å². The molecule has 0 radical (unpaired) electrons. The van der Waals surface area contributed by atoms with Gasteiger partial charge in [0.2, 0.25) is 0 Å². The number of ether oxygens (including phenoxy) is 2. The molecule has 0 spiro atoms. The molecule has 2 aromatic carbocycles. The lowest BCUT2D eigenvalue weighted by molar-refractivity contribution is 0.0916. The molecular weight excluding hydrogens is 350 g/mol. The summed E-state index contributed by atoms with van der Waals surface area (Å²) in [5, 5.41) is 3.53. The average molecular weight is 382 g/mol. The van der Waals surface area contributed by atoms with E-state index >= 15 is 0 Å². The van der Waals surface area contributed by atoms with Gasteiger partial charge in [-0.15, -0.1) is 0 Å². The van der Waals surface area contributed by atoms with Crippen LogP contribution in [0.5, 0.6) is 11.5 Å². The van der Waals surface area contributed by atoms with Gasteiger partial charge in [0.1, 0.15) is 0 Å². The number of fused-ring (bicyclic) bond motifs is 1. The molecule has 0 aromatic heterocycles. The Kier molecular flexibility index (Phi) is 7.10. The SMILES string of the molecule is CCC(CCNCc1ccccc1)CC1Cc2cc(OC)c(OC)cc2C1=O. The third kappa shape index (κ3) is 4.74. The van der Waals surface area contributed by atoms with Gasteiger partial charge in [-0.1, -0.05) is 43.7 Å². The second-order valence-corrected chi connectivity index (χ2v) is 7.59. The van der Waals surface area contributed by atoms with E-state index in [1.807, 2.05) is 18.2 Å². The van der Waals surface area contributed by atoms with Gasteiger partial charge < -0.3 is 14.8 Å². The fourth-order valence-electron chi connectivity index (χ4n) is 4.11. The first-order valence-corrected chi connectivity index (χ1v) is 10.2. The molecule has 0 heterocycles. The predicted octanol–water partition coefficient (Wildman–Crippen LogP) is 4.66. The summed E-state index contributed by atoms with van der Waals surface area (Å²) in [6.07, 6.45) is 3.94. The summed E-state index contributed by atoms with van der Waals surface area (Å²) < 4.78 is 10.8. The van der Waals surface area contributed by atoms with Gasteiger partial charge in [-0.2, -0.15) is 0 Å². The smallest absolute Gasteiger partial charge is 0.166 e. The topological polar surface area (TPSA) is 47.6 Å². The minimum atomic E-state index is 0.0749. The molecule has 150 valence electrons. The number of hydrogen-bond acceptors (Lipinski definition) is 4. The van der Waals surface area contributed by atoms with E-state index in [9.17, 15) is 4.79 Å². The first-order chi connectivity index (χ1) is 13.7. The van der Waals surface area contributed by atoms with Gasteiger partial charge in [0.25, 0.3) is 0 Å². The van der Waals surface area contributed by atoms with Crippen molar-refractivity contribution in [1.82, 2.24) is 5.32 Å². The number of benzene rings is 2. The molecule has 4 heteroatoms. The van der Waals surface area contributed by atoms with Gasteiger partial charge in [-0.25, -0.2) is 0 Å². The van der Waals surface area contributed by atoms with Crippen molar-refractivity contribution in [3.63, 3.8) is 0 Å². The number of methoxy groups -OCH3 is 2. The molecule has 2 aromatic rings. The van der Waals surface area contributed by atoms with E-state index in [4.69, 9.17) is 9.47 Å². The third-order valence-electron chi connectivity index (χ3n) is 5.81. The highest BCUT2D eigenvalue weighted by atomic mass is 16.5. The standard InChI is InChI=1S/C24H31NO3/c1-4-17(10-11-25-16-18-8-6-5-7-9-18)12-20-13-19-14-22(27-2)23(28-3)15-21(19)24(20)26/h5-9,14-15,17,20,25H,4,10-13,16H2,1-3H3. The van der Waals surface area contributed by atoms with Gasteiger partial charge in [-0.3, -0.25) is 4.79 Å². The molecule has 2 atom stereocenters. The van der Waals surface area contributed by atoms with Crippen LogP contribution in [-0.2, 0) is 13.0 Å². The highest BCUT2D eigenvalue weighted by Gasteiger charge is 2.33. The van der Waals surface area contributed by atoms with Gasteiger partial charge in [0.05, 0.1) is 14.2 Å². The number of carbonyl (C=O) groups is 1. The van der Waals surface area contributed by atoms with Crippen molar-refractivity contribution in [1.29, 1.82) is 0 Å². The van der Waals surface area contributed by atoms with Gasteiger partial charge >= 0.3 is 0 Å². The van der Waals surface area contributed by atoms with Crippen molar-refractivity contribution in [3.8, 4) is 11.5 Å². The Morgan fingerprint density at radius 1 is 1.11 bits per heavy atom. The maximum absolute atomic E-state index is 12.9.